The minimum Gasteiger partial charge on any atom is -0.378 e. The number of aryl methyl sites for hydroxylation is 1. The summed E-state index contributed by atoms with van der Waals surface area (Å²) >= 11 is 2.02. The molecule has 1 saturated carbocycles. The summed E-state index contributed by atoms with van der Waals surface area (Å²) in [5.74, 6) is 0.822. The van der Waals surface area contributed by atoms with Gasteiger partial charge in [0.2, 0.25) is 0 Å². The van der Waals surface area contributed by atoms with Crippen LogP contribution in [0, 0.1) is 6.92 Å². The van der Waals surface area contributed by atoms with Crippen LogP contribution in [-0.4, -0.2) is 15.2 Å². The lowest BCUT2D eigenvalue weighted by Gasteiger charge is -2.14. The van der Waals surface area contributed by atoms with E-state index in [1.165, 1.54) is 36.3 Å². The first-order valence-corrected chi connectivity index (χ1v) is 8.47. The summed E-state index contributed by atoms with van der Waals surface area (Å²) in [5.41, 5.74) is 2.24. The molecule has 1 aromatic carbocycles. The van der Waals surface area contributed by atoms with E-state index in [1.807, 2.05) is 30.9 Å². The fraction of sp³-hybridized carbons (Fsp3) is 0.412. The van der Waals surface area contributed by atoms with E-state index in [4.69, 9.17) is 0 Å². The van der Waals surface area contributed by atoms with E-state index in [-0.39, 0.29) is 0 Å². The fourth-order valence-electron chi connectivity index (χ4n) is 2.69. The van der Waals surface area contributed by atoms with Gasteiger partial charge < -0.3 is 5.32 Å². The van der Waals surface area contributed by atoms with E-state index < -0.39 is 0 Å². The van der Waals surface area contributed by atoms with Crippen molar-refractivity contribution < 1.29 is 0 Å². The first-order valence-electron chi connectivity index (χ1n) is 7.59. The van der Waals surface area contributed by atoms with Crippen molar-refractivity contribution in [3.05, 3.63) is 48.0 Å². The van der Waals surface area contributed by atoms with Crippen LogP contribution in [-0.2, 0) is 6.54 Å². The highest BCUT2D eigenvalue weighted by Crippen LogP contribution is 2.38. The molecule has 0 amide bonds. The average molecular weight is 299 g/mol. The van der Waals surface area contributed by atoms with Crippen molar-refractivity contribution in [3.63, 3.8) is 0 Å². The summed E-state index contributed by atoms with van der Waals surface area (Å²) in [6.45, 7) is 2.67. The first-order chi connectivity index (χ1) is 10.3. The smallest absolute Gasteiger partial charge is 0.125 e. The molecule has 0 unspecified atom stereocenters. The minimum absolute atomic E-state index is 0.742. The Labute approximate surface area is 130 Å². The van der Waals surface area contributed by atoms with Gasteiger partial charge in [-0.2, -0.15) is 0 Å². The number of nitrogens with zero attached hydrogens (tertiary/aromatic N) is 2. The van der Waals surface area contributed by atoms with Crippen molar-refractivity contribution >= 4 is 17.4 Å². The molecule has 4 heteroatoms. The summed E-state index contributed by atoms with van der Waals surface area (Å²) in [7, 11) is 0. The second-order valence-corrected chi connectivity index (χ2v) is 6.81. The zero-order chi connectivity index (χ0) is 14.5. The molecule has 1 aromatic heterocycles. The van der Waals surface area contributed by atoms with Gasteiger partial charge in [-0.25, -0.2) is 9.97 Å². The molecule has 3 rings (SSSR count). The summed E-state index contributed by atoms with van der Waals surface area (Å²) in [5, 5.41) is 4.31. The highest BCUT2D eigenvalue weighted by molar-refractivity contribution is 8.00. The van der Waals surface area contributed by atoms with Crippen molar-refractivity contribution in [3.8, 4) is 0 Å². The van der Waals surface area contributed by atoms with Crippen LogP contribution in [0.2, 0.25) is 0 Å². The molecule has 1 aliphatic rings. The van der Waals surface area contributed by atoms with Crippen LogP contribution in [0.1, 0.15) is 37.2 Å². The van der Waals surface area contributed by atoms with Gasteiger partial charge in [0.25, 0.3) is 0 Å². The third-order valence-electron chi connectivity index (χ3n) is 3.78. The number of nitrogens with one attached hydrogen (secondary N) is 1. The van der Waals surface area contributed by atoms with Crippen molar-refractivity contribution in [2.45, 2.75) is 49.3 Å². The van der Waals surface area contributed by atoms with Crippen molar-refractivity contribution in [2.75, 3.05) is 5.32 Å². The second-order valence-electron chi connectivity index (χ2n) is 5.47. The molecule has 1 heterocycles. The Morgan fingerprint density at radius 1 is 1.19 bits per heavy atom. The van der Waals surface area contributed by atoms with Crippen LogP contribution < -0.4 is 5.32 Å². The monoisotopic (exact) mass is 299 g/mol. The molecule has 0 spiro atoms. The van der Waals surface area contributed by atoms with Gasteiger partial charge in [-0.15, -0.1) is 11.8 Å². The fourth-order valence-corrected chi connectivity index (χ4v) is 4.04. The first kappa shape index (κ1) is 14.4. The molecule has 0 saturated heterocycles. The number of rotatable bonds is 5. The maximum absolute atomic E-state index is 4.44. The number of hydrogen-bond acceptors (Lipinski definition) is 4. The Kier molecular flexibility index (Phi) is 4.76. The SMILES string of the molecule is Cc1nccc(CNc2ccccc2SC2CCCC2)n1. The maximum Gasteiger partial charge on any atom is 0.125 e. The number of aromatic nitrogens is 2. The standard InChI is InChI=1S/C17H21N3S/c1-13-18-11-10-14(20-13)12-19-16-8-4-5-9-17(16)21-15-6-2-3-7-15/h4-5,8-11,15,19H,2-3,6-7,12H2,1H3. The third-order valence-corrected chi connectivity index (χ3v) is 5.19. The molecule has 1 N–H and O–H groups in total. The molecular weight excluding hydrogens is 278 g/mol. The van der Waals surface area contributed by atoms with E-state index in [9.17, 15) is 0 Å². The lowest BCUT2D eigenvalue weighted by Crippen LogP contribution is -2.04. The number of hydrogen-bond donors (Lipinski definition) is 1. The molecule has 0 radical (unpaired) electrons. The summed E-state index contributed by atoms with van der Waals surface area (Å²) < 4.78 is 0. The topological polar surface area (TPSA) is 37.8 Å². The van der Waals surface area contributed by atoms with E-state index in [1.54, 1.807) is 0 Å². The van der Waals surface area contributed by atoms with Gasteiger partial charge in [-0.1, -0.05) is 25.0 Å². The molecule has 3 nitrogen and oxygen atoms in total. The van der Waals surface area contributed by atoms with Crippen LogP contribution in [0.25, 0.3) is 0 Å². The van der Waals surface area contributed by atoms with Gasteiger partial charge in [-0.3, -0.25) is 0 Å². The van der Waals surface area contributed by atoms with Crippen LogP contribution in [0.4, 0.5) is 5.69 Å². The van der Waals surface area contributed by atoms with Crippen LogP contribution in [0.5, 0.6) is 0 Å². The van der Waals surface area contributed by atoms with Gasteiger partial charge in [0.1, 0.15) is 5.82 Å². The van der Waals surface area contributed by atoms with Crippen molar-refractivity contribution in [1.82, 2.24) is 9.97 Å². The Morgan fingerprint density at radius 2 is 2.00 bits per heavy atom. The Balaban J connectivity index is 1.67. The summed E-state index contributed by atoms with van der Waals surface area (Å²) in [6, 6.07) is 10.6. The molecule has 0 atom stereocenters. The van der Waals surface area contributed by atoms with E-state index in [0.717, 1.165) is 23.3 Å². The zero-order valence-electron chi connectivity index (χ0n) is 12.4. The van der Waals surface area contributed by atoms with Gasteiger partial charge >= 0.3 is 0 Å². The van der Waals surface area contributed by atoms with Crippen molar-refractivity contribution in [2.24, 2.45) is 0 Å². The largest absolute Gasteiger partial charge is 0.378 e. The Bertz CT molecular complexity index is 594. The number of thioether (sulfide) groups is 1. The van der Waals surface area contributed by atoms with E-state index in [0.29, 0.717) is 0 Å². The lowest BCUT2D eigenvalue weighted by molar-refractivity contribution is 0.886. The molecule has 21 heavy (non-hydrogen) atoms. The summed E-state index contributed by atoms with van der Waals surface area (Å²) in [4.78, 5) is 9.94. The van der Waals surface area contributed by atoms with E-state index >= 15 is 0 Å². The lowest BCUT2D eigenvalue weighted by atomic mass is 10.3. The van der Waals surface area contributed by atoms with E-state index in [2.05, 4.69) is 39.6 Å². The zero-order valence-corrected chi connectivity index (χ0v) is 13.2. The number of benzene rings is 1. The van der Waals surface area contributed by atoms with Crippen LogP contribution in [0.3, 0.4) is 0 Å². The molecule has 1 fully saturated rings. The maximum atomic E-state index is 4.44. The van der Waals surface area contributed by atoms with Crippen molar-refractivity contribution in [1.29, 1.82) is 0 Å². The van der Waals surface area contributed by atoms with Gasteiger partial charge in [-0.05, 0) is 38.0 Å². The minimum atomic E-state index is 0.742. The van der Waals surface area contributed by atoms with Crippen LogP contribution in [0.15, 0.2) is 41.4 Å². The molecule has 2 aromatic rings. The summed E-state index contributed by atoms with van der Waals surface area (Å²) in [6.07, 6.45) is 7.29. The molecule has 0 aliphatic heterocycles. The highest BCUT2D eigenvalue weighted by Gasteiger charge is 2.17. The van der Waals surface area contributed by atoms with Gasteiger partial charge in [0.15, 0.2) is 0 Å². The molecule has 1 aliphatic carbocycles. The van der Waals surface area contributed by atoms with Gasteiger partial charge in [0, 0.05) is 22.0 Å². The predicted octanol–water partition coefficient (Wildman–Crippen LogP) is 4.43. The van der Waals surface area contributed by atoms with Crippen LogP contribution >= 0.6 is 11.8 Å². The predicted molar refractivity (Wildman–Crippen MR) is 88.7 cm³/mol. The second kappa shape index (κ2) is 6.94. The highest BCUT2D eigenvalue weighted by atomic mass is 32.2. The Morgan fingerprint density at radius 3 is 2.81 bits per heavy atom. The third kappa shape index (κ3) is 3.97. The number of anilines is 1. The number of para-hydroxylation sites is 1. The molecule has 0 bridgehead atoms. The van der Waals surface area contributed by atoms with Gasteiger partial charge in [0.05, 0.1) is 12.2 Å². The normalized spacial score (nSPS) is 15.3. The molecular formula is C17H21N3S. The quantitative estimate of drug-likeness (QED) is 0.886. The average Bonchev–Trinajstić information content (AvgIpc) is 2.99. The molecule has 110 valence electrons. The Hall–Kier alpha value is -1.55.